The van der Waals surface area contributed by atoms with E-state index in [1.54, 1.807) is 18.2 Å². The van der Waals surface area contributed by atoms with Crippen LogP contribution in [0.4, 0.5) is 22.0 Å². The molecule has 0 saturated heterocycles. The fourth-order valence-electron chi connectivity index (χ4n) is 3.79. The predicted molar refractivity (Wildman–Crippen MR) is 112 cm³/mol. The largest absolute Gasteiger partial charge is 0.446 e. The summed E-state index contributed by atoms with van der Waals surface area (Å²) in [7, 11) is -3.46. The van der Waals surface area contributed by atoms with Gasteiger partial charge in [-0.05, 0) is 51.3 Å². The van der Waals surface area contributed by atoms with Crippen molar-refractivity contribution in [1.82, 2.24) is 20.2 Å². The number of aromatic nitrogens is 2. The Bertz CT molecular complexity index is 1040. The minimum Gasteiger partial charge on any atom is -0.446 e. The third-order valence-corrected chi connectivity index (χ3v) is 6.64. The van der Waals surface area contributed by atoms with Crippen molar-refractivity contribution in [1.29, 1.82) is 0 Å². The molecule has 11 heteroatoms. The van der Waals surface area contributed by atoms with Gasteiger partial charge in [-0.1, -0.05) is 0 Å². The molecule has 2 aromatic rings. The molecule has 1 aromatic carbocycles. The maximum Gasteiger partial charge on any atom is 0.407 e. The molecule has 0 bridgehead atoms. The Morgan fingerprint density at radius 3 is 2.90 bits per heavy atom. The number of benzene rings is 1. The summed E-state index contributed by atoms with van der Waals surface area (Å²) in [6.07, 6.45) is 2.00. The predicted octanol–water partition coefficient (Wildman–Crippen LogP) is 2.59. The average Bonchev–Trinajstić information content (AvgIpc) is 3.30. The first-order chi connectivity index (χ1) is 14.3. The van der Waals surface area contributed by atoms with Crippen molar-refractivity contribution in [2.75, 3.05) is 17.3 Å². The van der Waals surface area contributed by atoms with Gasteiger partial charge >= 0.3 is 6.09 Å². The molecule has 2 aliphatic rings. The summed E-state index contributed by atoms with van der Waals surface area (Å²) in [5.74, 6) is 0.884. The van der Waals surface area contributed by atoms with Crippen LogP contribution < -0.4 is 20.7 Å². The van der Waals surface area contributed by atoms with Crippen LogP contribution in [0, 0.1) is 0 Å². The third kappa shape index (κ3) is 4.51. The zero-order chi connectivity index (χ0) is 21.3. The van der Waals surface area contributed by atoms with Gasteiger partial charge < -0.3 is 20.7 Å². The highest BCUT2D eigenvalue weighted by molar-refractivity contribution is 7.89. The monoisotopic (exact) mass is 434 g/mol. The average molecular weight is 435 g/mol. The van der Waals surface area contributed by atoms with Crippen LogP contribution in [0.1, 0.15) is 44.7 Å². The van der Waals surface area contributed by atoms with Gasteiger partial charge in [-0.2, -0.15) is 9.82 Å². The molecule has 1 aromatic heterocycles. The van der Waals surface area contributed by atoms with E-state index in [0.717, 1.165) is 30.6 Å². The molecule has 1 fully saturated rings. The number of rotatable bonds is 5. The first-order valence-corrected chi connectivity index (χ1v) is 11.5. The Balaban J connectivity index is 1.38. The first-order valence-electron chi connectivity index (χ1n) is 9.97. The number of carbonyl (C=O) groups excluding carboxylic acids is 1. The van der Waals surface area contributed by atoms with Crippen molar-refractivity contribution < 1.29 is 17.9 Å². The standard InChI is InChI=1S/C19H26N6O4S/c1-11(2)22-19(26)29-14-5-3-12(7-14)15-9-18(25-24-15)23-13-4-6-17-16(8-13)20-10-21-30(17,27)28/h4,6,8-9,11-12,14,20-21H,3,5,7,10H2,1-2H3,(H,22,26)(H2,23,24,25)/t12-,14+/m0/s1. The summed E-state index contributed by atoms with van der Waals surface area (Å²) >= 11 is 0. The number of hydrogen-bond acceptors (Lipinski definition) is 7. The van der Waals surface area contributed by atoms with E-state index in [2.05, 4.69) is 30.9 Å². The Labute approximate surface area is 175 Å². The van der Waals surface area contributed by atoms with Crippen molar-refractivity contribution in [3.63, 3.8) is 0 Å². The normalized spacial score (nSPS) is 22.2. The SMILES string of the molecule is CC(C)NC(=O)O[C@@H]1CC[C@H](c2cc(Nc3ccc4c(c3)NCNS4(=O)=O)n[nH]2)C1. The van der Waals surface area contributed by atoms with Crippen molar-refractivity contribution in [2.45, 2.75) is 56.1 Å². The summed E-state index contributed by atoms with van der Waals surface area (Å²) in [6.45, 7) is 3.95. The van der Waals surface area contributed by atoms with Crippen LogP contribution >= 0.6 is 0 Å². The second-order valence-corrected chi connectivity index (χ2v) is 9.62. The van der Waals surface area contributed by atoms with Crippen LogP contribution in [0.3, 0.4) is 0 Å². The smallest absolute Gasteiger partial charge is 0.407 e. The molecule has 162 valence electrons. The van der Waals surface area contributed by atoms with Gasteiger partial charge in [0.15, 0.2) is 5.82 Å². The molecular weight excluding hydrogens is 408 g/mol. The number of fused-ring (bicyclic) bond motifs is 1. The van der Waals surface area contributed by atoms with E-state index < -0.39 is 10.0 Å². The van der Waals surface area contributed by atoms with Crippen molar-refractivity contribution in [3.05, 3.63) is 30.0 Å². The van der Waals surface area contributed by atoms with Gasteiger partial charge in [0.25, 0.3) is 0 Å². The lowest BCUT2D eigenvalue weighted by molar-refractivity contribution is 0.0981. The Morgan fingerprint density at radius 2 is 2.10 bits per heavy atom. The molecule has 5 N–H and O–H groups in total. The number of H-pyrrole nitrogens is 1. The second kappa shape index (κ2) is 8.15. The lowest BCUT2D eigenvalue weighted by Crippen LogP contribution is -2.34. The molecule has 30 heavy (non-hydrogen) atoms. The highest BCUT2D eigenvalue weighted by Crippen LogP contribution is 2.36. The number of amides is 1. The fourth-order valence-corrected chi connectivity index (χ4v) is 4.88. The molecule has 2 atom stereocenters. The Morgan fingerprint density at radius 1 is 1.27 bits per heavy atom. The molecule has 10 nitrogen and oxygen atoms in total. The molecule has 0 radical (unpaired) electrons. The lowest BCUT2D eigenvalue weighted by Gasteiger charge is -2.20. The number of alkyl carbamates (subject to hydrolysis) is 1. The molecule has 2 heterocycles. The number of nitrogens with one attached hydrogen (secondary N) is 5. The maximum absolute atomic E-state index is 12.0. The van der Waals surface area contributed by atoms with Gasteiger partial charge in [-0.15, -0.1) is 0 Å². The number of aromatic amines is 1. The van der Waals surface area contributed by atoms with Crippen LogP contribution in [0.15, 0.2) is 29.2 Å². The van der Waals surface area contributed by atoms with E-state index in [1.807, 2.05) is 19.9 Å². The summed E-state index contributed by atoms with van der Waals surface area (Å²) < 4.78 is 31.9. The minimum atomic E-state index is -3.46. The third-order valence-electron chi connectivity index (χ3n) is 5.18. The summed E-state index contributed by atoms with van der Waals surface area (Å²) in [5, 5.41) is 16.3. The van der Waals surface area contributed by atoms with Gasteiger partial charge in [0.1, 0.15) is 11.0 Å². The number of ether oxygens (including phenoxy) is 1. The molecule has 1 aliphatic carbocycles. The first kappa shape index (κ1) is 20.5. The highest BCUT2D eigenvalue weighted by atomic mass is 32.2. The fraction of sp³-hybridized carbons (Fsp3) is 0.474. The van der Waals surface area contributed by atoms with Crippen molar-refractivity contribution in [2.24, 2.45) is 0 Å². The Kier molecular flexibility index (Phi) is 5.56. The maximum atomic E-state index is 12.0. The van der Waals surface area contributed by atoms with Gasteiger partial charge in [0.2, 0.25) is 10.0 Å². The van der Waals surface area contributed by atoms with E-state index in [4.69, 9.17) is 4.74 Å². The number of carbonyl (C=O) groups is 1. The number of anilines is 3. The van der Waals surface area contributed by atoms with E-state index in [1.165, 1.54) is 0 Å². The van der Waals surface area contributed by atoms with Crippen LogP contribution in [-0.4, -0.2) is 43.5 Å². The molecule has 0 spiro atoms. The molecular formula is C19H26N6O4S. The highest BCUT2D eigenvalue weighted by Gasteiger charge is 2.30. The zero-order valence-electron chi connectivity index (χ0n) is 16.9. The van der Waals surface area contributed by atoms with E-state index >= 15 is 0 Å². The second-order valence-electron chi connectivity index (χ2n) is 7.88. The summed E-state index contributed by atoms with van der Waals surface area (Å²) in [5.41, 5.74) is 2.26. The lowest BCUT2D eigenvalue weighted by atomic mass is 10.0. The van der Waals surface area contributed by atoms with E-state index in [-0.39, 0.29) is 35.7 Å². The van der Waals surface area contributed by atoms with Gasteiger partial charge in [0.05, 0.1) is 12.4 Å². The van der Waals surface area contributed by atoms with Crippen LogP contribution in [0.5, 0.6) is 0 Å². The number of sulfonamides is 1. The van der Waals surface area contributed by atoms with E-state index in [0.29, 0.717) is 11.5 Å². The number of hydrogen-bond donors (Lipinski definition) is 5. The van der Waals surface area contributed by atoms with Crippen LogP contribution in [0.2, 0.25) is 0 Å². The molecule has 0 unspecified atom stereocenters. The van der Waals surface area contributed by atoms with Crippen LogP contribution in [0.25, 0.3) is 0 Å². The van der Waals surface area contributed by atoms with Gasteiger partial charge in [0, 0.05) is 29.4 Å². The molecule has 1 amide bonds. The van der Waals surface area contributed by atoms with Gasteiger partial charge in [-0.25, -0.2) is 13.2 Å². The van der Waals surface area contributed by atoms with Gasteiger partial charge in [-0.3, -0.25) is 5.10 Å². The summed E-state index contributed by atoms with van der Waals surface area (Å²) in [4.78, 5) is 12.0. The summed E-state index contributed by atoms with van der Waals surface area (Å²) in [6, 6.07) is 6.99. The number of nitrogens with zero attached hydrogens (tertiary/aromatic N) is 1. The van der Waals surface area contributed by atoms with Crippen molar-refractivity contribution in [3.8, 4) is 0 Å². The zero-order valence-corrected chi connectivity index (χ0v) is 17.7. The molecule has 1 aliphatic heterocycles. The topological polar surface area (TPSA) is 137 Å². The van der Waals surface area contributed by atoms with E-state index in [9.17, 15) is 13.2 Å². The molecule has 4 rings (SSSR count). The quantitative estimate of drug-likeness (QED) is 0.488. The minimum absolute atomic E-state index is 0.0473. The van der Waals surface area contributed by atoms with Crippen molar-refractivity contribution >= 4 is 33.3 Å². The molecule has 1 saturated carbocycles. The Hall–Kier alpha value is -2.79. The van der Waals surface area contributed by atoms with Crippen LogP contribution in [-0.2, 0) is 14.8 Å².